The second-order valence-electron chi connectivity index (χ2n) is 5.10. The van der Waals surface area contributed by atoms with Crippen LogP contribution in [0, 0.1) is 5.92 Å². The lowest BCUT2D eigenvalue weighted by atomic mass is 10.1. The van der Waals surface area contributed by atoms with Crippen molar-refractivity contribution in [3.8, 4) is 0 Å². The van der Waals surface area contributed by atoms with E-state index in [1.807, 2.05) is 37.3 Å². The number of aromatic nitrogens is 2. The molecule has 114 valence electrons. The summed E-state index contributed by atoms with van der Waals surface area (Å²) in [5.41, 5.74) is 0.794. The van der Waals surface area contributed by atoms with E-state index >= 15 is 0 Å². The Bertz CT molecular complexity index is 730. The van der Waals surface area contributed by atoms with Gasteiger partial charge in [-0.15, -0.1) is 0 Å². The summed E-state index contributed by atoms with van der Waals surface area (Å²) in [5.74, 6) is 0.501. The van der Waals surface area contributed by atoms with Crippen LogP contribution in [-0.4, -0.2) is 27.8 Å². The molecule has 6 heteroatoms. The zero-order valence-corrected chi connectivity index (χ0v) is 13.1. The van der Waals surface area contributed by atoms with Crippen molar-refractivity contribution in [3.63, 3.8) is 0 Å². The molecule has 0 N–H and O–H groups in total. The topological polar surface area (TPSA) is 55.2 Å². The number of fused-ring (bicyclic) bond motifs is 1. The third kappa shape index (κ3) is 2.78. The van der Waals surface area contributed by atoms with Crippen molar-refractivity contribution >= 4 is 23.4 Å². The fourth-order valence-corrected chi connectivity index (χ4v) is 3.65. The summed E-state index contributed by atoms with van der Waals surface area (Å²) in [7, 11) is 0. The van der Waals surface area contributed by atoms with Crippen molar-refractivity contribution in [2.24, 2.45) is 5.92 Å². The van der Waals surface area contributed by atoms with Crippen molar-refractivity contribution in [1.29, 1.82) is 0 Å². The zero-order valence-electron chi connectivity index (χ0n) is 12.3. The minimum absolute atomic E-state index is 0.0580. The number of hydrogen-bond donors (Lipinski definition) is 0. The molecule has 1 aliphatic heterocycles. The predicted octanol–water partition coefficient (Wildman–Crippen LogP) is 2.02. The van der Waals surface area contributed by atoms with Crippen LogP contribution in [0.3, 0.4) is 0 Å². The highest BCUT2D eigenvalue weighted by molar-refractivity contribution is 7.99. The molecule has 22 heavy (non-hydrogen) atoms. The van der Waals surface area contributed by atoms with Gasteiger partial charge in [0.05, 0.1) is 5.92 Å². The maximum absolute atomic E-state index is 12.8. The zero-order chi connectivity index (χ0) is 15.5. The van der Waals surface area contributed by atoms with E-state index in [0.717, 1.165) is 5.69 Å². The van der Waals surface area contributed by atoms with Crippen molar-refractivity contribution in [1.82, 2.24) is 9.55 Å². The van der Waals surface area contributed by atoms with Gasteiger partial charge in [-0.25, -0.2) is 4.98 Å². The first-order valence-electron chi connectivity index (χ1n) is 7.25. The summed E-state index contributed by atoms with van der Waals surface area (Å²) in [6.45, 7) is 2.97. The summed E-state index contributed by atoms with van der Waals surface area (Å²) in [6, 6.07) is 11.1. The number of carbonyl (C=O) groups excluding carboxylic acids is 1. The summed E-state index contributed by atoms with van der Waals surface area (Å²) in [6.07, 6.45) is 1.52. The van der Waals surface area contributed by atoms with Gasteiger partial charge < -0.3 is 4.90 Å². The van der Waals surface area contributed by atoms with E-state index in [1.165, 1.54) is 24.0 Å². The standard InChI is InChI=1S/C16H17N3O2S/c1-2-18(13-6-4-3-5-7-13)15(21)12-10-19-14(20)8-9-17-16(19)22-11-12/h3-9,12H,2,10-11H2,1H3. The molecule has 2 aromatic rings. The van der Waals surface area contributed by atoms with E-state index in [0.29, 0.717) is 24.0 Å². The molecule has 0 bridgehead atoms. The Kier molecular flexibility index (Phi) is 4.29. The highest BCUT2D eigenvalue weighted by Crippen LogP contribution is 2.27. The fourth-order valence-electron chi connectivity index (χ4n) is 2.59. The normalized spacial score (nSPS) is 16.9. The van der Waals surface area contributed by atoms with E-state index in [1.54, 1.807) is 9.47 Å². The number of para-hydroxylation sites is 1. The third-order valence-corrected chi connectivity index (χ3v) is 4.87. The van der Waals surface area contributed by atoms with Gasteiger partial charge in [0, 0.05) is 36.8 Å². The summed E-state index contributed by atoms with van der Waals surface area (Å²) >= 11 is 1.47. The lowest BCUT2D eigenvalue weighted by Gasteiger charge is -2.29. The Hall–Kier alpha value is -2.08. The molecule has 0 aliphatic carbocycles. The van der Waals surface area contributed by atoms with Crippen LogP contribution in [0.25, 0.3) is 0 Å². The molecule has 0 saturated heterocycles. The van der Waals surface area contributed by atoms with Crippen LogP contribution in [0.1, 0.15) is 6.92 Å². The number of rotatable bonds is 3. The van der Waals surface area contributed by atoms with Crippen LogP contribution in [0.5, 0.6) is 0 Å². The Morgan fingerprint density at radius 2 is 2.14 bits per heavy atom. The molecule has 0 fully saturated rings. The Balaban J connectivity index is 1.84. The van der Waals surface area contributed by atoms with Gasteiger partial charge in [-0.1, -0.05) is 30.0 Å². The van der Waals surface area contributed by atoms with Gasteiger partial charge in [0.1, 0.15) is 0 Å². The largest absolute Gasteiger partial charge is 0.312 e. The Labute approximate surface area is 133 Å². The molecule has 0 spiro atoms. The second kappa shape index (κ2) is 6.36. The molecule has 1 atom stereocenters. The molecule has 1 aromatic heterocycles. The minimum atomic E-state index is -0.209. The number of amides is 1. The average Bonchev–Trinajstić information content (AvgIpc) is 2.56. The summed E-state index contributed by atoms with van der Waals surface area (Å²) in [5, 5.41) is 0.694. The molecule has 0 saturated carbocycles. The van der Waals surface area contributed by atoms with Crippen molar-refractivity contribution in [2.45, 2.75) is 18.6 Å². The average molecular weight is 315 g/mol. The van der Waals surface area contributed by atoms with Crippen LogP contribution < -0.4 is 10.5 Å². The number of benzene rings is 1. The van der Waals surface area contributed by atoms with E-state index in [-0.39, 0.29) is 17.4 Å². The first-order chi connectivity index (χ1) is 10.7. The molecule has 5 nitrogen and oxygen atoms in total. The van der Waals surface area contributed by atoms with Gasteiger partial charge in [-0.3, -0.25) is 14.2 Å². The molecule has 0 radical (unpaired) electrons. The molecule has 1 unspecified atom stereocenters. The summed E-state index contributed by atoms with van der Waals surface area (Å²) in [4.78, 5) is 30.7. The summed E-state index contributed by atoms with van der Waals surface area (Å²) < 4.78 is 1.59. The lowest BCUT2D eigenvalue weighted by molar-refractivity contribution is -0.122. The van der Waals surface area contributed by atoms with Crippen molar-refractivity contribution < 1.29 is 4.79 Å². The van der Waals surface area contributed by atoms with Crippen LogP contribution in [0.2, 0.25) is 0 Å². The van der Waals surface area contributed by atoms with Crippen LogP contribution in [0.4, 0.5) is 5.69 Å². The maximum Gasteiger partial charge on any atom is 0.254 e. The molecule has 2 heterocycles. The van der Waals surface area contributed by atoms with Crippen molar-refractivity contribution in [2.75, 3.05) is 17.2 Å². The molecular formula is C16H17N3O2S. The maximum atomic E-state index is 12.8. The van der Waals surface area contributed by atoms with Gasteiger partial charge in [-0.05, 0) is 19.1 Å². The van der Waals surface area contributed by atoms with E-state index in [2.05, 4.69) is 4.98 Å². The lowest BCUT2D eigenvalue weighted by Crippen LogP contribution is -2.42. The number of nitrogens with zero attached hydrogens (tertiary/aromatic N) is 3. The highest BCUT2D eigenvalue weighted by atomic mass is 32.2. The first-order valence-corrected chi connectivity index (χ1v) is 8.24. The van der Waals surface area contributed by atoms with Crippen molar-refractivity contribution in [3.05, 3.63) is 52.9 Å². The predicted molar refractivity (Wildman–Crippen MR) is 87.2 cm³/mol. The smallest absolute Gasteiger partial charge is 0.254 e. The van der Waals surface area contributed by atoms with Crippen LogP contribution >= 0.6 is 11.8 Å². The van der Waals surface area contributed by atoms with Crippen LogP contribution in [0.15, 0.2) is 52.5 Å². The molecule has 1 amide bonds. The van der Waals surface area contributed by atoms with E-state index < -0.39 is 0 Å². The molecule has 1 aromatic carbocycles. The number of anilines is 1. The highest BCUT2D eigenvalue weighted by Gasteiger charge is 2.29. The van der Waals surface area contributed by atoms with E-state index in [9.17, 15) is 9.59 Å². The Morgan fingerprint density at radius 1 is 1.36 bits per heavy atom. The monoisotopic (exact) mass is 315 g/mol. The van der Waals surface area contributed by atoms with Gasteiger partial charge in [0.2, 0.25) is 5.91 Å². The van der Waals surface area contributed by atoms with Gasteiger partial charge in [0.15, 0.2) is 5.16 Å². The minimum Gasteiger partial charge on any atom is -0.312 e. The fraction of sp³-hybridized carbons (Fsp3) is 0.312. The molecule has 1 aliphatic rings. The SMILES string of the molecule is CCN(C(=O)C1CSc2nccc(=O)n2C1)c1ccccc1. The number of carbonyl (C=O) groups is 1. The third-order valence-electron chi connectivity index (χ3n) is 3.71. The number of thioether (sulfide) groups is 1. The molecule has 3 rings (SSSR count). The quantitative estimate of drug-likeness (QED) is 0.813. The second-order valence-corrected chi connectivity index (χ2v) is 6.09. The first kappa shape index (κ1) is 14.8. The Morgan fingerprint density at radius 3 is 2.86 bits per heavy atom. The van der Waals surface area contributed by atoms with Gasteiger partial charge >= 0.3 is 0 Å². The van der Waals surface area contributed by atoms with Gasteiger partial charge in [-0.2, -0.15) is 0 Å². The molecular weight excluding hydrogens is 298 g/mol. The van der Waals surface area contributed by atoms with E-state index in [4.69, 9.17) is 0 Å². The van der Waals surface area contributed by atoms with Gasteiger partial charge in [0.25, 0.3) is 5.56 Å². The number of hydrogen-bond acceptors (Lipinski definition) is 4. The van der Waals surface area contributed by atoms with Crippen LogP contribution in [-0.2, 0) is 11.3 Å².